The summed E-state index contributed by atoms with van der Waals surface area (Å²) in [6.07, 6.45) is 1.46. The molecule has 0 saturated heterocycles. The molecular weight excluding hydrogens is 132 g/mol. The smallest absolute Gasteiger partial charge is 0.315 e. The van der Waals surface area contributed by atoms with Gasteiger partial charge in [0.25, 0.3) is 0 Å². The number of rotatable bonds is 5. The van der Waals surface area contributed by atoms with Gasteiger partial charge in [-0.25, -0.2) is 0 Å². The number of hydrogen-bond acceptors (Lipinski definition) is 3. The Morgan fingerprint density at radius 2 is 2.00 bits per heavy atom. The van der Waals surface area contributed by atoms with Crippen LogP contribution in [0.2, 0.25) is 0 Å². The summed E-state index contributed by atoms with van der Waals surface area (Å²) in [5.74, 6) is 0.421. The van der Waals surface area contributed by atoms with E-state index in [9.17, 15) is 0 Å². The largest absolute Gasteiger partial charge is 0.494 e. The van der Waals surface area contributed by atoms with Crippen LogP contribution in [0.4, 0.5) is 0 Å². The first-order chi connectivity index (χ1) is 4.85. The van der Waals surface area contributed by atoms with Gasteiger partial charge in [-0.3, -0.25) is 0 Å². The summed E-state index contributed by atoms with van der Waals surface area (Å²) in [6, 6.07) is 0. The van der Waals surface area contributed by atoms with Crippen LogP contribution in [0, 0.1) is 0 Å². The monoisotopic (exact) mass is 146 g/mol. The van der Waals surface area contributed by atoms with Gasteiger partial charge in [0.15, 0.2) is 6.26 Å². The third kappa shape index (κ3) is 4.06. The standard InChI is InChI=1S/C7H14O3/c1-4-9-6-7(8-3)10-5-2/h6H,4-5H2,1-3H3. The van der Waals surface area contributed by atoms with Gasteiger partial charge in [0.05, 0.1) is 20.3 Å². The third-order valence-electron chi connectivity index (χ3n) is 0.834. The summed E-state index contributed by atoms with van der Waals surface area (Å²) in [7, 11) is 1.54. The van der Waals surface area contributed by atoms with Crippen molar-refractivity contribution in [3.8, 4) is 0 Å². The Morgan fingerprint density at radius 1 is 1.30 bits per heavy atom. The highest BCUT2D eigenvalue weighted by Gasteiger charge is 1.92. The zero-order valence-electron chi connectivity index (χ0n) is 6.72. The highest BCUT2D eigenvalue weighted by Crippen LogP contribution is 1.97. The first kappa shape index (κ1) is 9.14. The van der Waals surface area contributed by atoms with Crippen LogP contribution in [0.15, 0.2) is 12.2 Å². The molecule has 0 aromatic rings. The van der Waals surface area contributed by atoms with Crippen molar-refractivity contribution in [2.24, 2.45) is 0 Å². The van der Waals surface area contributed by atoms with Crippen LogP contribution in [0.5, 0.6) is 0 Å². The van der Waals surface area contributed by atoms with Gasteiger partial charge >= 0.3 is 5.95 Å². The van der Waals surface area contributed by atoms with E-state index in [1.54, 1.807) is 7.11 Å². The molecule has 0 aliphatic heterocycles. The molecule has 0 saturated carbocycles. The Balaban J connectivity index is 3.55. The van der Waals surface area contributed by atoms with Crippen molar-refractivity contribution in [3.05, 3.63) is 12.2 Å². The molecule has 0 amide bonds. The molecule has 0 aliphatic carbocycles. The van der Waals surface area contributed by atoms with Crippen molar-refractivity contribution in [1.82, 2.24) is 0 Å². The van der Waals surface area contributed by atoms with Gasteiger partial charge in [-0.2, -0.15) is 0 Å². The fourth-order valence-corrected chi connectivity index (χ4v) is 0.435. The number of ether oxygens (including phenoxy) is 3. The number of hydrogen-bond donors (Lipinski definition) is 0. The highest BCUT2D eigenvalue weighted by molar-refractivity contribution is 4.73. The van der Waals surface area contributed by atoms with E-state index in [2.05, 4.69) is 0 Å². The van der Waals surface area contributed by atoms with Crippen LogP contribution in [0.3, 0.4) is 0 Å². The zero-order chi connectivity index (χ0) is 7.82. The Bertz CT molecular complexity index is 99.0. The van der Waals surface area contributed by atoms with Crippen molar-refractivity contribution in [2.75, 3.05) is 20.3 Å². The molecule has 0 atom stereocenters. The van der Waals surface area contributed by atoms with Crippen LogP contribution in [-0.4, -0.2) is 20.3 Å². The van der Waals surface area contributed by atoms with Crippen LogP contribution in [0.25, 0.3) is 0 Å². The molecule has 0 N–H and O–H groups in total. The van der Waals surface area contributed by atoms with E-state index in [1.165, 1.54) is 6.26 Å². The first-order valence-corrected chi connectivity index (χ1v) is 3.33. The van der Waals surface area contributed by atoms with Crippen molar-refractivity contribution >= 4 is 0 Å². The predicted octanol–water partition coefficient (Wildman–Crippen LogP) is 1.50. The lowest BCUT2D eigenvalue weighted by Gasteiger charge is -2.05. The van der Waals surface area contributed by atoms with Crippen LogP contribution < -0.4 is 0 Å². The van der Waals surface area contributed by atoms with E-state index in [0.717, 1.165) is 0 Å². The average molecular weight is 146 g/mol. The van der Waals surface area contributed by atoms with Gasteiger partial charge in [-0.15, -0.1) is 0 Å². The maximum atomic E-state index is 5.01. The van der Waals surface area contributed by atoms with Gasteiger partial charge in [0.1, 0.15) is 0 Å². The van der Waals surface area contributed by atoms with E-state index in [1.807, 2.05) is 13.8 Å². The second-order valence-electron chi connectivity index (χ2n) is 1.53. The van der Waals surface area contributed by atoms with E-state index in [0.29, 0.717) is 19.2 Å². The molecule has 0 aliphatic rings. The summed E-state index contributed by atoms with van der Waals surface area (Å²) in [5.41, 5.74) is 0. The zero-order valence-corrected chi connectivity index (χ0v) is 6.72. The molecule has 10 heavy (non-hydrogen) atoms. The lowest BCUT2D eigenvalue weighted by molar-refractivity contribution is 0.0524. The molecule has 0 aromatic carbocycles. The predicted molar refractivity (Wildman–Crippen MR) is 38.3 cm³/mol. The minimum atomic E-state index is 0.421. The minimum absolute atomic E-state index is 0.421. The number of methoxy groups -OCH3 is 1. The topological polar surface area (TPSA) is 27.7 Å². The molecule has 0 rings (SSSR count). The van der Waals surface area contributed by atoms with Crippen molar-refractivity contribution in [3.63, 3.8) is 0 Å². The van der Waals surface area contributed by atoms with Crippen LogP contribution in [-0.2, 0) is 14.2 Å². The van der Waals surface area contributed by atoms with E-state index in [-0.39, 0.29) is 0 Å². The summed E-state index contributed by atoms with van der Waals surface area (Å²) in [6.45, 7) is 5.00. The summed E-state index contributed by atoms with van der Waals surface area (Å²) >= 11 is 0. The Hall–Kier alpha value is -0.860. The van der Waals surface area contributed by atoms with Gasteiger partial charge in [0, 0.05) is 0 Å². The lowest BCUT2D eigenvalue weighted by Crippen LogP contribution is -1.95. The van der Waals surface area contributed by atoms with Crippen molar-refractivity contribution < 1.29 is 14.2 Å². The first-order valence-electron chi connectivity index (χ1n) is 3.33. The molecule has 0 aromatic heterocycles. The highest BCUT2D eigenvalue weighted by atomic mass is 16.7. The normalized spacial score (nSPS) is 10.9. The molecule has 60 valence electrons. The Kier molecular flexibility index (Phi) is 5.72. The van der Waals surface area contributed by atoms with Gasteiger partial charge < -0.3 is 14.2 Å². The molecule has 0 unspecified atom stereocenters. The van der Waals surface area contributed by atoms with E-state index >= 15 is 0 Å². The molecule has 0 fully saturated rings. The molecule has 0 spiro atoms. The summed E-state index contributed by atoms with van der Waals surface area (Å²) < 4.78 is 14.7. The van der Waals surface area contributed by atoms with Gasteiger partial charge in [-0.05, 0) is 13.8 Å². The SMILES string of the molecule is CCOC=C(OC)OCC. The van der Waals surface area contributed by atoms with E-state index in [4.69, 9.17) is 14.2 Å². The van der Waals surface area contributed by atoms with Gasteiger partial charge in [0.2, 0.25) is 0 Å². The minimum Gasteiger partial charge on any atom is -0.494 e. The maximum absolute atomic E-state index is 5.01. The summed E-state index contributed by atoms with van der Waals surface area (Å²) in [5, 5.41) is 0. The molecule has 3 heteroatoms. The molecule has 0 bridgehead atoms. The third-order valence-corrected chi connectivity index (χ3v) is 0.834. The Labute approximate surface area is 61.6 Å². The quantitative estimate of drug-likeness (QED) is 0.550. The molecular formula is C7H14O3. The van der Waals surface area contributed by atoms with Crippen molar-refractivity contribution in [1.29, 1.82) is 0 Å². The fourth-order valence-electron chi connectivity index (χ4n) is 0.435. The summed E-state index contributed by atoms with van der Waals surface area (Å²) in [4.78, 5) is 0. The van der Waals surface area contributed by atoms with E-state index < -0.39 is 0 Å². The molecule has 3 nitrogen and oxygen atoms in total. The second-order valence-corrected chi connectivity index (χ2v) is 1.53. The van der Waals surface area contributed by atoms with Crippen molar-refractivity contribution in [2.45, 2.75) is 13.8 Å². The molecule has 0 heterocycles. The average Bonchev–Trinajstić information content (AvgIpc) is 1.98. The lowest BCUT2D eigenvalue weighted by atomic mass is 10.8. The van der Waals surface area contributed by atoms with Crippen LogP contribution >= 0.6 is 0 Å². The maximum Gasteiger partial charge on any atom is 0.315 e. The second kappa shape index (κ2) is 6.26. The Morgan fingerprint density at radius 3 is 2.40 bits per heavy atom. The fraction of sp³-hybridized carbons (Fsp3) is 0.714. The molecule has 0 radical (unpaired) electrons. The van der Waals surface area contributed by atoms with Gasteiger partial charge in [-0.1, -0.05) is 0 Å². The van der Waals surface area contributed by atoms with Crippen LogP contribution in [0.1, 0.15) is 13.8 Å².